The average molecular weight is 177 g/mol. The number of allylic oxidation sites excluding steroid dienone is 1. The van der Waals surface area contributed by atoms with Crippen LogP contribution in [0.4, 0.5) is 0 Å². The summed E-state index contributed by atoms with van der Waals surface area (Å²) >= 11 is 0. The number of hydrogen-bond acceptors (Lipinski definition) is 2. The number of hydrogen-bond donors (Lipinski definition) is 1. The molecule has 0 aliphatic carbocycles. The summed E-state index contributed by atoms with van der Waals surface area (Å²) in [4.78, 5) is 4.16. The summed E-state index contributed by atoms with van der Waals surface area (Å²) in [6, 6.07) is 5.85. The minimum absolute atomic E-state index is 0.289. The van der Waals surface area contributed by atoms with E-state index < -0.39 is 0 Å². The van der Waals surface area contributed by atoms with Gasteiger partial charge in [-0.2, -0.15) is 0 Å². The molecule has 2 nitrogen and oxygen atoms in total. The molecule has 0 amide bonds. The first-order valence-electron chi connectivity index (χ1n) is 4.62. The second-order valence-corrected chi connectivity index (χ2v) is 2.88. The van der Waals surface area contributed by atoms with Gasteiger partial charge in [0.25, 0.3) is 0 Å². The Hall–Kier alpha value is -1.15. The van der Waals surface area contributed by atoms with Gasteiger partial charge in [0.1, 0.15) is 0 Å². The highest BCUT2D eigenvalue weighted by Gasteiger charge is 1.85. The van der Waals surface area contributed by atoms with Gasteiger partial charge in [0, 0.05) is 12.8 Å². The fourth-order valence-corrected chi connectivity index (χ4v) is 1.05. The third-order valence-electron chi connectivity index (χ3n) is 1.76. The highest BCUT2D eigenvalue weighted by molar-refractivity contribution is 5.43. The van der Waals surface area contributed by atoms with E-state index in [2.05, 4.69) is 11.1 Å². The second kappa shape index (κ2) is 6.38. The van der Waals surface area contributed by atoms with Crippen LogP contribution in [0.5, 0.6) is 0 Å². The summed E-state index contributed by atoms with van der Waals surface area (Å²) < 4.78 is 0. The minimum atomic E-state index is 0.289. The predicted molar refractivity (Wildman–Crippen MR) is 54.2 cm³/mol. The fraction of sp³-hybridized carbons (Fsp3) is 0.364. The Morgan fingerprint density at radius 2 is 2.23 bits per heavy atom. The Morgan fingerprint density at radius 1 is 1.31 bits per heavy atom. The molecule has 0 aromatic carbocycles. The zero-order chi connectivity index (χ0) is 9.36. The summed E-state index contributed by atoms with van der Waals surface area (Å²) in [5, 5.41) is 8.55. The van der Waals surface area contributed by atoms with Crippen molar-refractivity contribution in [2.45, 2.75) is 19.3 Å². The van der Waals surface area contributed by atoms with Gasteiger partial charge in [-0.3, -0.25) is 4.98 Å². The van der Waals surface area contributed by atoms with Crippen LogP contribution in [0.25, 0.3) is 6.08 Å². The van der Waals surface area contributed by atoms with Gasteiger partial charge >= 0.3 is 0 Å². The van der Waals surface area contributed by atoms with Gasteiger partial charge in [-0.15, -0.1) is 0 Å². The van der Waals surface area contributed by atoms with E-state index in [1.54, 1.807) is 6.20 Å². The summed E-state index contributed by atoms with van der Waals surface area (Å²) in [6.07, 6.45) is 8.83. The lowest BCUT2D eigenvalue weighted by Crippen LogP contribution is -1.81. The molecular formula is C11H15NO. The summed E-state index contributed by atoms with van der Waals surface area (Å²) in [5.74, 6) is 0. The topological polar surface area (TPSA) is 33.1 Å². The van der Waals surface area contributed by atoms with E-state index in [0.29, 0.717) is 0 Å². The minimum Gasteiger partial charge on any atom is -0.396 e. The maximum atomic E-state index is 8.55. The van der Waals surface area contributed by atoms with Crippen LogP contribution >= 0.6 is 0 Å². The van der Waals surface area contributed by atoms with Crippen molar-refractivity contribution in [1.82, 2.24) is 4.98 Å². The summed E-state index contributed by atoms with van der Waals surface area (Å²) in [7, 11) is 0. The summed E-state index contributed by atoms with van der Waals surface area (Å²) in [6.45, 7) is 0.289. The fourth-order valence-electron chi connectivity index (χ4n) is 1.05. The van der Waals surface area contributed by atoms with Crippen molar-refractivity contribution >= 4 is 6.08 Å². The largest absolute Gasteiger partial charge is 0.396 e. The number of rotatable bonds is 5. The Labute approximate surface area is 78.9 Å². The zero-order valence-corrected chi connectivity index (χ0v) is 7.69. The van der Waals surface area contributed by atoms with Crippen molar-refractivity contribution in [3.05, 3.63) is 36.2 Å². The first-order valence-corrected chi connectivity index (χ1v) is 4.62. The van der Waals surface area contributed by atoms with Crippen LogP contribution in [-0.2, 0) is 0 Å². The average Bonchev–Trinajstić information content (AvgIpc) is 2.19. The summed E-state index contributed by atoms with van der Waals surface area (Å²) in [5.41, 5.74) is 0.992. The number of unbranched alkanes of at least 4 members (excludes halogenated alkanes) is 2. The molecule has 2 heteroatoms. The van der Waals surface area contributed by atoms with E-state index >= 15 is 0 Å². The molecule has 0 bridgehead atoms. The Kier molecular flexibility index (Phi) is 4.87. The van der Waals surface area contributed by atoms with Crippen LogP contribution in [-0.4, -0.2) is 16.7 Å². The number of aliphatic hydroxyl groups excluding tert-OH is 1. The van der Waals surface area contributed by atoms with Gasteiger partial charge in [0.15, 0.2) is 0 Å². The van der Waals surface area contributed by atoms with E-state index in [9.17, 15) is 0 Å². The van der Waals surface area contributed by atoms with Crippen LogP contribution in [0.2, 0.25) is 0 Å². The van der Waals surface area contributed by atoms with Gasteiger partial charge in [0.2, 0.25) is 0 Å². The lowest BCUT2D eigenvalue weighted by molar-refractivity contribution is 0.285. The van der Waals surface area contributed by atoms with Gasteiger partial charge in [-0.25, -0.2) is 0 Å². The van der Waals surface area contributed by atoms with Crippen LogP contribution in [0.1, 0.15) is 25.0 Å². The molecule has 0 saturated heterocycles. The lowest BCUT2D eigenvalue weighted by Gasteiger charge is -1.92. The third-order valence-corrected chi connectivity index (χ3v) is 1.76. The van der Waals surface area contributed by atoms with Crippen molar-refractivity contribution in [2.75, 3.05) is 6.61 Å². The molecular weight excluding hydrogens is 162 g/mol. The van der Waals surface area contributed by atoms with E-state index in [0.717, 1.165) is 25.0 Å². The van der Waals surface area contributed by atoms with Crippen LogP contribution in [0.3, 0.4) is 0 Å². The molecule has 1 N–H and O–H groups in total. The molecule has 0 unspecified atom stereocenters. The molecule has 1 heterocycles. The number of nitrogens with zero attached hydrogens (tertiary/aromatic N) is 1. The number of aliphatic hydroxyl groups is 1. The molecule has 0 radical (unpaired) electrons. The molecule has 13 heavy (non-hydrogen) atoms. The molecule has 0 atom stereocenters. The SMILES string of the molecule is OCCCC/C=C/c1ccccn1. The molecule has 0 aliphatic rings. The van der Waals surface area contributed by atoms with Crippen molar-refractivity contribution in [3.8, 4) is 0 Å². The third kappa shape index (κ3) is 4.43. The maximum Gasteiger partial charge on any atom is 0.0626 e. The highest BCUT2D eigenvalue weighted by Crippen LogP contribution is 2.00. The van der Waals surface area contributed by atoms with Crippen molar-refractivity contribution in [2.24, 2.45) is 0 Å². The number of pyridine rings is 1. The predicted octanol–water partition coefficient (Wildman–Crippen LogP) is 2.26. The van der Waals surface area contributed by atoms with Gasteiger partial charge < -0.3 is 5.11 Å². The van der Waals surface area contributed by atoms with Crippen molar-refractivity contribution in [1.29, 1.82) is 0 Å². The number of aromatic nitrogens is 1. The molecule has 1 aromatic rings. The van der Waals surface area contributed by atoms with Gasteiger partial charge in [-0.1, -0.05) is 12.1 Å². The van der Waals surface area contributed by atoms with E-state index in [4.69, 9.17) is 5.11 Å². The lowest BCUT2D eigenvalue weighted by atomic mass is 10.2. The first kappa shape index (κ1) is 9.93. The molecule has 70 valence electrons. The van der Waals surface area contributed by atoms with Crippen molar-refractivity contribution in [3.63, 3.8) is 0 Å². The molecule has 0 aliphatic heterocycles. The Balaban J connectivity index is 2.25. The monoisotopic (exact) mass is 177 g/mol. The zero-order valence-electron chi connectivity index (χ0n) is 7.69. The van der Waals surface area contributed by atoms with Crippen LogP contribution in [0, 0.1) is 0 Å². The second-order valence-electron chi connectivity index (χ2n) is 2.88. The Bertz CT molecular complexity index is 244. The normalized spacial score (nSPS) is 10.8. The smallest absolute Gasteiger partial charge is 0.0626 e. The van der Waals surface area contributed by atoms with Gasteiger partial charge in [-0.05, 0) is 37.5 Å². The maximum absolute atomic E-state index is 8.55. The first-order chi connectivity index (χ1) is 6.43. The quantitative estimate of drug-likeness (QED) is 0.700. The molecule has 0 saturated carbocycles. The van der Waals surface area contributed by atoms with Crippen molar-refractivity contribution < 1.29 is 5.11 Å². The highest BCUT2D eigenvalue weighted by atomic mass is 16.2. The standard InChI is InChI=1S/C11H15NO/c13-10-6-2-1-3-7-11-8-4-5-9-12-11/h3-5,7-9,13H,1-2,6,10H2/b7-3+. The van der Waals surface area contributed by atoms with E-state index in [1.165, 1.54) is 0 Å². The Morgan fingerprint density at radius 3 is 2.92 bits per heavy atom. The van der Waals surface area contributed by atoms with Crippen LogP contribution < -0.4 is 0 Å². The van der Waals surface area contributed by atoms with Crippen LogP contribution in [0.15, 0.2) is 30.5 Å². The molecule has 1 rings (SSSR count). The van der Waals surface area contributed by atoms with Gasteiger partial charge in [0.05, 0.1) is 5.69 Å². The van der Waals surface area contributed by atoms with E-state index in [-0.39, 0.29) is 6.61 Å². The molecule has 1 aromatic heterocycles. The molecule has 0 fully saturated rings. The van der Waals surface area contributed by atoms with E-state index in [1.807, 2.05) is 24.3 Å². The molecule has 0 spiro atoms.